The van der Waals surface area contributed by atoms with E-state index in [1.54, 1.807) is 0 Å². The molecule has 0 saturated heterocycles. The van der Waals surface area contributed by atoms with Crippen molar-refractivity contribution in [3.05, 3.63) is 47.3 Å². The van der Waals surface area contributed by atoms with Crippen LogP contribution in [0.3, 0.4) is 0 Å². The summed E-state index contributed by atoms with van der Waals surface area (Å²) in [6.45, 7) is 4.23. The second-order valence-corrected chi connectivity index (χ2v) is 4.87. The molecular weight excluding hydrogens is 210 g/mol. The first-order valence-corrected chi connectivity index (χ1v) is 6.05. The van der Waals surface area contributed by atoms with Crippen LogP contribution in [0.15, 0.2) is 30.5 Å². The van der Waals surface area contributed by atoms with E-state index >= 15 is 0 Å². The van der Waals surface area contributed by atoms with Crippen molar-refractivity contribution >= 4 is 0 Å². The van der Waals surface area contributed by atoms with E-state index in [2.05, 4.69) is 54.4 Å². The predicted molar refractivity (Wildman–Crippen MR) is 68.3 cm³/mol. The largest absolute Gasteiger partial charge is 0.302 e. The summed E-state index contributed by atoms with van der Waals surface area (Å²) in [4.78, 5) is 2.34. The van der Waals surface area contributed by atoms with Crippen molar-refractivity contribution in [3.8, 4) is 5.69 Å². The Morgan fingerprint density at radius 1 is 1.18 bits per heavy atom. The highest BCUT2D eigenvalue weighted by Gasteiger charge is 2.17. The van der Waals surface area contributed by atoms with Gasteiger partial charge in [-0.15, -0.1) is 0 Å². The van der Waals surface area contributed by atoms with Gasteiger partial charge in [0.05, 0.1) is 11.4 Å². The van der Waals surface area contributed by atoms with Gasteiger partial charge in [-0.05, 0) is 26.1 Å². The van der Waals surface area contributed by atoms with Gasteiger partial charge in [-0.3, -0.25) is 0 Å². The Balaban J connectivity index is 1.97. The minimum Gasteiger partial charge on any atom is -0.302 e. The monoisotopic (exact) mass is 227 g/mol. The van der Waals surface area contributed by atoms with Crippen LogP contribution in [0.1, 0.15) is 16.8 Å². The van der Waals surface area contributed by atoms with Crippen LogP contribution in [0.25, 0.3) is 5.69 Å². The second-order valence-electron chi connectivity index (χ2n) is 4.87. The number of fused-ring (bicyclic) bond motifs is 1. The van der Waals surface area contributed by atoms with Crippen LogP contribution >= 0.6 is 0 Å². The number of aromatic nitrogens is 2. The van der Waals surface area contributed by atoms with E-state index in [4.69, 9.17) is 0 Å². The van der Waals surface area contributed by atoms with Crippen LogP contribution in [0.2, 0.25) is 0 Å². The first-order chi connectivity index (χ1) is 8.22. The highest BCUT2D eigenvalue weighted by atomic mass is 15.3. The lowest BCUT2D eigenvalue weighted by Crippen LogP contribution is -2.25. The normalized spacial score (nSPS) is 15.9. The van der Waals surface area contributed by atoms with Crippen molar-refractivity contribution < 1.29 is 0 Å². The van der Waals surface area contributed by atoms with Crippen molar-refractivity contribution in [1.82, 2.24) is 14.7 Å². The highest BCUT2D eigenvalue weighted by molar-refractivity contribution is 5.35. The highest BCUT2D eigenvalue weighted by Crippen LogP contribution is 2.18. The van der Waals surface area contributed by atoms with E-state index in [1.807, 2.05) is 4.68 Å². The number of aryl methyl sites for hydroxylation is 1. The Morgan fingerprint density at radius 2 is 1.94 bits per heavy atom. The average molecular weight is 227 g/mol. The molecule has 2 heterocycles. The van der Waals surface area contributed by atoms with E-state index in [1.165, 1.54) is 16.8 Å². The molecular formula is C14H17N3. The molecule has 0 radical (unpaired) electrons. The zero-order valence-corrected chi connectivity index (χ0v) is 10.3. The maximum absolute atomic E-state index is 4.68. The molecule has 1 aromatic heterocycles. The molecule has 88 valence electrons. The number of nitrogens with zero attached hydrogens (tertiary/aromatic N) is 3. The molecule has 0 saturated carbocycles. The maximum atomic E-state index is 4.68. The van der Waals surface area contributed by atoms with E-state index in [9.17, 15) is 0 Å². The summed E-state index contributed by atoms with van der Waals surface area (Å²) in [5.74, 6) is 0. The van der Waals surface area contributed by atoms with E-state index in [-0.39, 0.29) is 0 Å². The molecule has 1 aliphatic rings. The van der Waals surface area contributed by atoms with Gasteiger partial charge in [0.15, 0.2) is 0 Å². The van der Waals surface area contributed by atoms with Gasteiger partial charge in [0.25, 0.3) is 0 Å². The molecule has 0 bridgehead atoms. The van der Waals surface area contributed by atoms with Crippen molar-refractivity contribution in [2.24, 2.45) is 0 Å². The Labute approximate surface area is 102 Å². The fraction of sp³-hybridized carbons (Fsp3) is 0.357. The lowest BCUT2D eigenvalue weighted by Gasteiger charge is -2.20. The lowest BCUT2D eigenvalue weighted by atomic mass is 10.1. The molecule has 0 aliphatic carbocycles. The van der Waals surface area contributed by atoms with Gasteiger partial charge >= 0.3 is 0 Å². The molecule has 3 heteroatoms. The summed E-state index contributed by atoms with van der Waals surface area (Å²) in [6.07, 6.45) is 3.22. The molecule has 0 atom stereocenters. The molecule has 3 rings (SSSR count). The minimum atomic E-state index is 1.02. The number of rotatable bonds is 1. The van der Waals surface area contributed by atoms with Crippen molar-refractivity contribution in [2.45, 2.75) is 19.9 Å². The van der Waals surface area contributed by atoms with Crippen molar-refractivity contribution in [2.75, 3.05) is 13.6 Å². The summed E-state index contributed by atoms with van der Waals surface area (Å²) >= 11 is 0. The second kappa shape index (κ2) is 4.00. The topological polar surface area (TPSA) is 21.1 Å². The van der Waals surface area contributed by atoms with Crippen LogP contribution < -0.4 is 0 Å². The van der Waals surface area contributed by atoms with Gasteiger partial charge < -0.3 is 4.90 Å². The number of hydrogen-bond donors (Lipinski definition) is 0. The van der Waals surface area contributed by atoms with E-state index in [0.717, 1.165) is 25.2 Å². The van der Waals surface area contributed by atoms with Gasteiger partial charge in [-0.25, -0.2) is 4.68 Å². The molecule has 1 aliphatic heterocycles. The summed E-state index contributed by atoms with van der Waals surface area (Å²) < 4.78 is 2.00. The zero-order valence-electron chi connectivity index (χ0n) is 10.3. The lowest BCUT2D eigenvalue weighted by molar-refractivity contribution is 0.311. The summed E-state index contributed by atoms with van der Waals surface area (Å²) in [7, 11) is 2.16. The zero-order chi connectivity index (χ0) is 11.8. The fourth-order valence-electron chi connectivity index (χ4n) is 2.28. The Morgan fingerprint density at radius 3 is 2.71 bits per heavy atom. The number of hydrogen-bond acceptors (Lipinski definition) is 2. The molecule has 2 aromatic rings. The van der Waals surface area contributed by atoms with Gasteiger partial charge in [0.2, 0.25) is 0 Å². The van der Waals surface area contributed by atoms with Crippen molar-refractivity contribution in [3.63, 3.8) is 0 Å². The molecule has 1 aromatic carbocycles. The van der Waals surface area contributed by atoms with Crippen LogP contribution in [0.4, 0.5) is 0 Å². The maximum Gasteiger partial charge on any atom is 0.0686 e. The van der Waals surface area contributed by atoms with Crippen LogP contribution in [-0.2, 0) is 13.0 Å². The molecule has 0 N–H and O–H groups in total. The Bertz CT molecular complexity index is 525. The molecule has 0 amide bonds. The predicted octanol–water partition coefficient (Wildman–Crippen LogP) is 2.17. The molecule has 0 fully saturated rings. The third kappa shape index (κ3) is 1.98. The molecule has 17 heavy (non-hydrogen) atoms. The van der Waals surface area contributed by atoms with Gasteiger partial charge in [0.1, 0.15) is 0 Å². The third-order valence-corrected chi connectivity index (χ3v) is 3.35. The Hall–Kier alpha value is -1.61. The molecule has 0 unspecified atom stereocenters. The Kier molecular flexibility index (Phi) is 2.48. The smallest absolute Gasteiger partial charge is 0.0686 e. The first kappa shape index (κ1) is 10.5. The standard InChI is InChI=1S/C14H17N3/c1-11-3-5-13(6-4-11)17-10-12-9-16(2)8-7-14(12)15-17/h3-6,10H,7-9H2,1-2H3. The fourth-order valence-corrected chi connectivity index (χ4v) is 2.28. The van der Waals surface area contributed by atoms with Crippen LogP contribution in [0, 0.1) is 6.92 Å². The van der Waals surface area contributed by atoms with Crippen LogP contribution in [0.5, 0.6) is 0 Å². The SMILES string of the molecule is Cc1ccc(-n2cc3c(n2)CCN(C)C3)cc1. The van der Waals surface area contributed by atoms with Gasteiger partial charge in [-0.2, -0.15) is 5.10 Å². The van der Waals surface area contributed by atoms with E-state index in [0.29, 0.717) is 0 Å². The quantitative estimate of drug-likeness (QED) is 0.744. The first-order valence-electron chi connectivity index (χ1n) is 6.05. The third-order valence-electron chi connectivity index (χ3n) is 3.35. The molecule has 0 spiro atoms. The van der Waals surface area contributed by atoms with Gasteiger partial charge in [-0.1, -0.05) is 17.7 Å². The van der Waals surface area contributed by atoms with Gasteiger partial charge in [0, 0.05) is 31.3 Å². The number of benzene rings is 1. The number of likely N-dealkylation sites (N-methyl/N-ethyl adjacent to an activating group) is 1. The van der Waals surface area contributed by atoms with Crippen molar-refractivity contribution in [1.29, 1.82) is 0 Å². The average Bonchev–Trinajstić information content (AvgIpc) is 2.72. The summed E-state index contributed by atoms with van der Waals surface area (Å²) in [5.41, 5.74) is 5.04. The molecule has 3 nitrogen and oxygen atoms in total. The summed E-state index contributed by atoms with van der Waals surface area (Å²) in [6, 6.07) is 8.50. The minimum absolute atomic E-state index is 1.02. The summed E-state index contributed by atoms with van der Waals surface area (Å²) in [5, 5.41) is 4.68. The van der Waals surface area contributed by atoms with E-state index < -0.39 is 0 Å². The van der Waals surface area contributed by atoms with Crippen LogP contribution in [-0.4, -0.2) is 28.3 Å².